The quantitative estimate of drug-likeness (QED) is 0.389. The summed E-state index contributed by atoms with van der Waals surface area (Å²) in [5.41, 5.74) is -5.76. The number of esters is 2. The zero-order valence-electron chi connectivity index (χ0n) is 21.5. The maximum Gasteiger partial charge on any atom is 0.417 e. The van der Waals surface area contributed by atoms with E-state index in [1.54, 1.807) is 41.5 Å². The standard InChI is InChI=1S/C25H43F3O5/c1-9-23(7,20(30)33-21(2,3)4)16-22(5,6)19(29)32-18(17-13-11-10-12-14-17)15-24(8,31)25(26,27)28/h17-18,31H,9-16H2,1-8H3. The van der Waals surface area contributed by atoms with Crippen molar-refractivity contribution in [1.29, 1.82) is 0 Å². The van der Waals surface area contributed by atoms with Crippen LogP contribution in [0, 0.1) is 16.7 Å². The van der Waals surface area contributed by atoms with Gasteiger partial charge in [0.05, 0.1) is 10.8 Å². The molecule has 1 N–H and O–H groups in total. The molecule has 0 heterocycles. The van der Waals surface area contributed by atoms with Gasteiger partial charge in [-0.1, -0.05) is 26.2 Å². The molecular weight excluding hydrogens is 437 g/mol. The molecule has 194 valence electrons. The van der Waals surface area contributed by atoms with E-state index in [2.05, 4.69) is 0 Å². The number of carbonyl (C=O) groups is 2. The molecule has 0 amide bonds. The molecule has 0 radical (unpaired) electrons. The maximum absolute atomic E-state index is 13.4. The Kier molecular flexibility index (Phi) is 9.48. The van der Waals surface area contributed by atoms with Crippen molar-refractivity contribution < 1.29 is 37.3 Å². The summed E-state index contributed by atoms with van der Waals surface area (Å²) >= 11 is 0. The van der Waals surface area contributed by atoms with E-state index in [4.69, 9.17) is 9.47 Å². The molecule has 0 aromatic heterocycles. The monoisotopic (exact) mass is 480 g/mol. The van der Waals surface area contributed by atoms with Crippen LogP contribution in [0.4, 0.5) is 13.2 Å². The third kappa shape index (κ3) is 8.45. The minimum Gasteiger partial charge on any atom is -0.462 e. The molecule has 0 aliphatic heterocycles. The highest BCUT2D eigenvalue weighted by molar-refractivity contribution is 5.80. The average Bonchev–Trinajstić information content (AvgIpc) is 2.65. The van der Waals surface area contributed by atoms with Crippen LogP contribution in [0.3, 0.4) is 0 Å². The Labute approximate surface area is 196 Å². The molecule has 1 aliphatic rings. The van der Waals surface area contributed by atoms with E-state index < -0.39 is 52.7 Å². The lowest BCUT2D eigenvalue weighted by atomic mass is 9.72. The molecule has 0 bridgehead atoms. The van der Waals surface area contributed by atoms with Gasteiger partial charge in [0.25, 0.3) is 0 Å². The third-order valence-electron chi connectivity index (χ3n) is 6.70. The summed E-state index contributed by atoms with van der Waals surface area (Å²) in [6, 6.07) is 0. The fourth-order valence-electron chi connectivity index (χ4n) is 4.41. The number of hydrogen-bond acceptors (Lipinski definition) is 5. The third-order valence-corrected chi connectivity index (χ3v) is 6.70. The Morgan fingerprint density at radius 2 is 1.45 bits per heavy atom. The summed E-state index contributed by atoms with van der Waals surface area (Å²) in [5, 5.41) is 10.1. The lowest BCUT2D eigenvalue weighted by molar-refractivity contribution is -0.264. The summed E-state index contributed by atoms with van der Waals surface area (Å²) < 4.78 is 51.4. The van der Waals surface area contributed by atoms with Gasteiger partial charge in [-0.3, -0.25) is 9.59 Å². The van der Waals surface area contributed by atoms with Gasteiger partial charge in [-0.05, 0) is 80.1 Å². The molecule has 33 heavy (non-hydrogen) atoms. The smallest absolute Gasteiger partial charge is 0.417 e. The minimum atomic E-state index is -4.83. The van der Waals surface area contributed by atoms with E-state index >= 15 is 0 Å². The molecule has 8 heteroatoms. The van der Waals surface area contributed by atoms with E-state index in [0.717, 1.165) is 26.2 Å². The van der Waals surface area contributed by atoms with Crippen LogP contribution in [-0.2, 0) is 19.1 Å². The Morgan fingerprint density at radius 1 is 0.939 bits per heavy atom. The van der Waals surface area contributed by atoms with Gasteiger partial charge in [-0.25, -0.2) is 0 Å². The van der Waals surface area contributed by atoms with Gasteiger partial charge in [0.15, 0.2) is 5.60 Å². The van der Waals surface area contributed by atoms with E-state index in [-0.39, 0.29) is 12.3 Å². The molecule has 3 unspecified atom stereocenters. The van der Waals surface area contributed by atoms with Crippen LogP contribution in [0.2, 0.25) is 0 Å². The Morgan fingerprint density at radius 3 is 1.88 bits per heavy atom. The fourth-order valence-corrected chi connectivity index (χ4v) is 4.41. The first-order chi connectivity index (χ1) is 14.7. The van der Waals surface area contributed by atoms with Crippen LogP contribution < -0.4 is 0 Å². The summed E-state index contributed by atoms with van der Waals surface area (Å²) in [6.07, 6.45) is -2.06. The number of aliphatic hydroxyl groups is 1. The Hall–Kier alpha value is -1.31. The molecule has 1 aliphatic carbocycles. The molecule has 1 saturated carbocycles. The predicted octanol–water partition coefficient (Wildman–Crippen LogP) is 6.36. The number of rotatable bonds is 9. The molecule has 0 aromatic carbocycles. The highest BCUT2D eigenvalue weighted by Crippen LogP contribution is 2.42. The first-order valence-electron chi connectivity index (χ1n) is 12.0. The first-order valence-corrected chi connectivity index (χ1v) is 12.0. The summed E-state index contributed by atoms with van der Waals surface area (Å²) in [4.78, 5) is 26.1. The van der Waals surface area contributed by atoms with Gasteiger partial charge >= 0.3 is 18.1 Å². The molecule has 3 atom stereocenters. The summed E-state index contributed by atoms with van der Waals surface area (Å²) in [5.74, 6) is -1.34. The topological polar surface area (TPSA) is 72.8 Å². The van der Waals surface area contributed by atoms with Gasteiger partial charge in [0.2, 0.25) is 0 Å². The van der Waals surface area contributed by atoms with Gasteiger partial charge in [-0.15, -0.1) is 0 Å². The normalized spacial score (nSPS) is 21.0. The van der Waals surface area contributed by atoms with Crippen molar-refractivity contribution in [2.45, 2.75) is 130 Å². The van der Waals surface area contributed by atoms with Crippen molar-refractivity contribution in [3.63, 3.8) is 0 Å². The van der Waals surface area contributed by atoms with Crippen molar-refractivity contribution in [3.8, 4) is 0 Å². The predicted molar refractivity (Wildman–Crippen MR) is 120 cm³/mol. The number of alkyl halides is 3. The highest BCUT2D eigenvalue weighted by atomic mass is 19.4. The number of carbonyl (C=O) groups excluding carboxylic acids is 2. The van der Waals surface area contributed by atoms with Crippen LogP contribution in [-0.4, -0.2) is 40.5 Å². The number of halogens is 3. The van der Waals surface area contributed by atoms with Crippen LogP contribution in [0.1, 0.15) is 107 Å². The fraction of sp³-hybridized carbons (Fsp3) is 0.920. The molecule has 0 saturated heterocycles. The lowest BCUT2D eigenvalue weighted by Gasteiger charge is -2.39. The van der Waals surface area contributed by atoms with Crippen molar-refractivity contribution in [2.24, 2.45) is 16.7 Å². The van der Waals surface area contributed by atoms with Crippen molar-refractivity contribution in [3.05, 3.63) is 0 Å². The molecule has 0 spiro atoms. The molecular formula is C25H43F3O5. The van der Waals surface area contributed by atoms with Gasteiger partial charge in [-0.2, -0.15) is 13.2 Å². The number of ether oxygens (including phenoxy) is 2. The molecule has 5 nitrogen and oxygen atoms in total. The average molecular weight is 481 g/mol. The van der Waals surface area contributed by atoms with Crippen molar-refractivity contribution >= 4 is 11.9 Å². The van der Waals surface area contributed by atoms with Crippen LogP contribution >= 0.6 is 0 Å². The molecule has 1 fully saturated rings. The van der Waals surface area contributed by atoms with Crippen molar-refractivity contribution in [1.82, 2.24) is 0 Å². The summed E-state index contributed by atoms with van der Waals surface area (Å²) in [7, 11) is 0. The lowest BCUT2D eigenvalue weighted by Crippen LogP contribution is -2.48. The molecule has 1 rings (SSSR count). The van der Waals surface area contributed by atoms with Gasteiger partial charge in [0, 0.05) is 6.42 Å². The van der Waals surface area contributed by atoms with E-state index in [9.17, 15) is 27.9 Å². The Bertz CT molecular complexity index is 673. The maximum atomic E-state index is 13.4. The van der Waals surface area contributed by atoms with E-state index in [0.29, 0.717) is 19.3 Å². The molecule has 0 aromatic rings. The van der Waals surface area contributed by atoms with Crippen LogP contribution in [0.25, 0.3) is 0 Å². The summed E-state index contributed by atoms with van der Waals surface area (Å²) in [6.45, 7) is 12.8. The first kappa shape index (κ1) is 29.7. The van der Waals surface area contributed by atoms with E-state index in [1.807, 2.05) is 6.92 Å². The van der Waals surface area contributed by atoms with Gasteiger partial charge in [0.1, 0.15) is 11.7 Å². The second-order valence-corrected chi connectivity index (χ2v) is 11.8. The second-order valence-electron chi connectivity index (χ2n) is 11.8. The Balaban J connectivity index is 3.09. The van der Waals surface area contributed by atoms with Gasteiger partial charge < -0.3 is 14.6 Å². The van der Waals surface area contributed by atoms with Crippen LogP contribution in [0.5, 0.6) is 0 Å². The largest absolute Gasteiger partial charge is 0.462 e. The zero-order chi connectivity index (χ0) is 25.9. The number of hydrogen-bond donors (Lipinski definition) is 1. The minimum absolute atomic E-state index is 0.122. The van der Waals surface area contributed by atoms with E-state index in [1.165, 1.54) is 0 Å². The van der Waals surface area contributed by atoms with Crippen LogP contribution in [0.15, 0.2) is 0 Å². The highest BCUT2D eigenvalue weighted by Gasteiger charge is 2.53. The zero-order valence-corrected chi connectivity index (χ0v) is 21.5. The second kappa shape index (κ2) is 10.5. The SMILES string of the molecule is CCC(C)(CC(C)(C)C(=O)OC(CC(C)(O)C(F)(F)F)C1CCCCC1)C(=O)OC(C)(C)C. The van der Waals surface area contributed by atoms with Crippen molar-refractivity contribution in [2.75, 3.05) is 0 Å².